The first-order chi connectivity index (χ1) is 15.2. The molecule has 5 nitrogen and oxygen atoms in total. The Morgan fingerprint density at radius 3 is 1.90 bits per heavy atom. The third-order valence-electron chi connectivity index (χ3n) is 4.98. The molecule has 1 saturated heterocycles. The SMILES string of the molecule is CCCCC/C=C\C/C=C\C/C=C\C/C=C\CCCC(=O)NC(=O)CN1CCOCC1. The number of unbranched alkanes of at least 4 members (excludes halogenated alkanes) is 4. The largest absolute Gasteiger partial charge is 0.379 e. The lowest BCUT2D eigenvalue weighted by molar-refractivity contribution is -0.131. The number of morpholine rings is 1. The number of hydrogen-bond acceptors (Lipinski definition) is 4. The van der Waals surface area contributed by atoms with Crippen LogP contribution in [0, 0.1) is 0 Å². The van der Waals surface area contributed by atoms with Crippen LogP contribution < -0.4 is 5.32 Å². The van der Waals surface area contributed by atoms with Gasteiger partial charge in [-0.1, -0.05) is 68.4 Å². The van der Waals surface area contributed by atoms with Gasteiger partial charge in [0.1, 0.15) is 0 Å². The summed E-state index contributed by atoms with van der Waals surface area (Å²) in [5, 5.41) is 2.48. The number of carbonyl (C=O) groups is 2. The topological polar surface area (TPSA) is 58.6 Å². The van der Waals surface area contributed by atoms with Crippen LogP contribution >= 0.6 is 0 Å². The molecular formula is C26H42N2O3. The van der Waals surface area contributed by atoms with E-state index in [-0.39, 0.29) is 18.4 Å². The molecule has 0 saturated carbocycles. The second kappa shape index (κ2) is 20.0. The van der Waals surface area contributed by atoms with E-state index in [4.69, 9.17) is 4.74 Å². The molecule has 5 heteroatoms. The van der Waals surface area contributed by atoms with Gasteiger partial charge >= 0.3 is 0 Å². The van der Waals surface area contributed by atoms with Crippen molar-refractivity contribution in [3.05, 3.63) is 48.6 Å². The fraction of sp³-hybridized carbons (Fsp3) is 0.615. The summed E-state index contributed by atoms with van der Waals surface area (Å²) in [6.07, 6.45) is 27.5. The summed E-state index contributed by atoms with van der Waals surface area (Å²) >= 11 is 0. The minimum atomic E-state index is -0.218. The Morgan fingerprint density at radius 1 is 0.774 bits per heavy atom. The number of imide groups is 1. The van der Waals surface area contributed by atoms with Crippen LogP contribution in [-0.4, -0.2) is 49.6 Å². The third-order valence-corrected chi connectivity index (χ3v) is 4.98. The van der Waals surface area contributed by atoms with E-state index in [1.54, 1.807) is 0 Å². The molecular weight excluding hydrogens is 388 g/mol. The average Bonchev–Trinajstić information content (AvgIpc) is 2.76. The molecule has 1 aliphatic heterocycles. The summed E-state index contributed by atoms with van der Waals surface area (Å²) in [4.78, 5) is 25.7. The van der Waals surface area contributed by atoms with Crippen LogP contribution in [0.15, 0.2) is 48.6 Å². The maximum absolute atomic E-state index is 11.9. The molecule has 1 aliphatic rings. The van der Waals surface area contributed by atoms with E-state index in [0.717, 1.165) is 45.2 Å². The minimum Gasteiger partial charge on any atom is -0.379 e. The second-order valence-electron chi connectivity index (χ2n) is 7.84. The number of nitrogens with zero attached hydrogens (tertiary/aromatic N) is 1. The predicted molar refractivity (Wildman–Crippen MR) is 129 cm³/mol. The van der Waals surface area contributed by atoms with Crippen LogP contribution in [0.5, 0.6) is 0 Å². The van der Waals surface area contributed by atoms with Gasteiger partial charge in [0.2, 0.25) is 11.8 Å². The van der Waals surface area contributed by atoms with Gasteiger partial charge in [0.05, 0.1) is 19.8 Å². The van der Waals surface area contributed by atoms with Crippen molar-refractivity contribution in [2.24, 2.45) is 0 Å². The van der Waals surface area contributed by atoms with E-state index in [9.17, 15) is 9.59 Å². The van der Waals surface area contributed by atoms with Crippen molar-refractivity contribution in [1.29, 1.82) is 0 Å². The summed E-state index contributed by atoms with van der Waals surface area (Å²) in [5.74, 6) is -0.404. The standard InChI is InChI=1S/C26H42N2O3/c1-2-3-4-5-6-7-8-9-10-11-12-13-14-15-16-17-18-19-25(29)27-26(30)24-28-20-22-31-23-21-28/h6-7,9-10,12-13,15-16H,2-5,8,11,14,17-24H2,1H3,(H,27,29,30)/b7-6-,10-9-,13-12-,16-15-. The lowest BCUT2D eigenvalue weighted by Gasteiger charge is -2.25. The van der Waals surface area contributed by atoms with Crippen molar-refractivity contribution in [3.63, 3.8) is 0 Å². The number of ether oxygens (including phenoxy) is 1. The quantitative estimate of drug-likeness (QED) is 0.273. The van der Waals surface area contributed by atoms with Gasteiger partial charge < -0.3 is 4.74 Å². The predicted octanol–water partition coefficient (Wildman–Crippen LogP) is 5.11. The zero-order chi connectivity index (χ0) is 22.4. The summed E-state index contributed by atoms with van der Waals surface area (Å²) in [6, 6.07) is 0. The molecule has 31 heavy (non-hydrogen) atoms. The lowest BCUT2D eigenvalue weighted by atomic mass is 10.2. The second-order valence-corrected chi connectivity index (χ2v) is 7.84. The molecule has 0 aliphatic carbocycles. The minimum absolute atomic E-state index is 0.186. The summed E-state index contributed by atoms with van der Waals surface area (Å²) in [6.45, 7) is 5.29. The molecule has 1 heterocycles. The van der Waals surface area contributed by atoms with Crippen LogP contribution in [0.2, 0.25) is 0 Å². The van der Waals surface area contributed by atoms with Gasteiger partial charge in [0.25, 0.3) is 0 Å². The van der Waals surface area contributed by atoms with Gasteiger partial charge in [-0.25, -0.2) is 0 Å². The average molecular weight is 431 g/mol. The Morgan fingerprint density at radius 2 is 1.32 bits per heavy atom. The van der Waals surface area contributed by atoms with Crippen molar-refractivity contribution in [1.82, 2.24) is 10.2 Å². The van der Waals surface area contributed by atoms with Crippen molar-refractivity contribution in [3.8, 4) is 0 Å². The Bertz CT molecular complexity index is 587. The molecule has 1 rings (SSSR count). The van der Waals surface area contributed by atoms with Gasteiger partial charge in [-0.2, -0.15) is 0 Å². The molecule has 0 spiro atoms. The molecule has 0 atom stereocenters. The highest BCUT2D eigenvalue weighted by Gasteiger charge is 2.15. The number of carbonyl (C=O) groups excluding carboxylic acids is 2. The van der Waals surface area contributed by atoms with Gasteiger partial charge in [-0.15, -0.1) is 0 Å². The van der Waals surface area contributed by atoms with E-state index in [0.29, 0.717) is 19.6 Å². The summed E-state index contributed by atoms with van der Waals surface area (Å²) < 4.78 is 5.25. The van der Waals surface area contributed by atoms with Gasteiger partial charge in [0.15, 0.2) is 0 Å². The van der Waals surface area contributed by atoms with Crippen LogP contribution in [-0.2, 0) is 14.3 Å². The highest BCUT2D eigenvalue weighted by Crippen LogP contribution is 2.02. The van der Waals surface area contributed by atoms with Crippen molar-refractivity contribution >= 4 is 11.8 Å². The zero-order valence-corrected chi connectivity index (χ0v) is 19.4. The van der Waals surface area contributed by atoms with Gasteiger partial charge in [-0.05, 0) is 44.9 Å². The van der Waals surface area contributed by atoms with E-state index in [1.165, 1.54) is 25.7 Å². The number of nitrogens with one attached hydrogen (secondary N) is 1. The van der Waals surface area contributed by atoms with Crippen molar-refractivity contribution < 1.29 is 14.3 Å². The maximum Gasteiger partial charge on any atom is 0.240 e. The fourth-order valence-electron chi connectivity index (χ4n) is 3.16. The van der Waals surface area contributed by atoms with E-state index in [2.05, 4.69) is 60.8 Å². The monoisotopic (exact) mass is 430 g/mol. The summed E-state index contributed by atoms with van der Waals surface area (Å²) in [5.41, 5.74) is 0. The molecule has 0 unspecified atom stereocenters. The fourth-order valence-corrected chi connectivity index (χ4v) is 3.16. The van der Waals surface area contributed by atoms with Gasteiger partial charge in [-0.3, -0.25) is 19.8 Å². The molecule has 0 aromatic heterocycles. The van der Waals surface area contributed by atoms with E-state index >= 15 is 0 Å². The molecule has 0 aromatic carbocycles. The molecule has 0 radical (unpaired) electrons. The smallest absolute Gasteiger partial charge is 0.240 e. The van der Waals surface area contributed by atoms with Crippen LogP contribution in [0.25, 0.3) is 0 Å². The van der Waals surface area contributed by atoms with Crippen LogP contribution in [0.3, 0.4) is 0 Å². The summed E-state index contributed by atoms with van der Waals surface area (Å²) in [7, 11) is 0. The first-order valence-corrected chi connectivity index (χ1v) is 11.9. The Hall–Kier alpha value is -1.98. The molecule has 0 bridgehead atoms. The highest BCUT2D eigenvalue weighted by molar-refractivity contribution is 5.96. The zero-order valence-electron chi connectivity index (χ0n) is 19.4. The van der Waals surface area contributed by atoms with E-state index in [1.807, 2.05) is 4.90 Å². The van der Waals surface area contributed by atoms with E-state index < -0.39 is 0 Å². The lowest BCUT2D eigenvalue weighted by Crippen LogP contribution is -2.44. The van der Waals surface area contributed by atoms with Crippen molar-refractivity contribution in [2.75, 3.05) is 32.8 Å². The number of rotatable bonds is 16. The number of amides is 2. The number of allylic oxidation sites excluding steroid dienone is 8. The molecule has 1 fully saturated rings. The van der Waals surface area contributed by atoms with Crippen LogP contribution in [0.1, 0.15) is 71.1 Å². The van der Waals surface area contributed by atoms with Crippen LogP contribution in [0.4, 0.5) is 0 Å². The van der Waals surface area contributed by atoms with Gasteiger partial charge in [0, 0.05) is 19.5 Å². The number of hydrogen-bond donors (Lipinski definition) is 1. The van der Waals surface area contributed by atoms with Crippen molar-refractivity contribution in [2.45, 2.75) is 71.1 Å². The third kappa shape index (κ3) is 17.4. The Labute approximate surface area is 189 Å². The molecule has 2 amide bonds. The first kappa shape index (κ1) is 27.1. The maximum atomic E-state index is 11.9. The highest BCUT2D eigenvalue weighted by atomic mass is 16.5. The molecule has 0 aromatic rings. The Kier molecular flexibility index (Phi) is 17.4. The molecule has 1 N–H and O–H groups in total. The Balaban J connectivity index is 1.95. The molecule has 174 valence electrons. The first-order valence-electron chi connectivity index (χ1n) is 11.9. The normalized spacial score (nSPS) is 15.6.